The molecule has 1 aliphatic heterocycles. The molecule has 2 heterocycles. The van der Waals surface area contributed by atoms with Crippen LogP contribution in [-0.2, 0) is 11.2 Å². The summed E-state index contributed by atoms with van der Waals surface area (Å²) >= 11 is 1.55. The van der Waals surface area contributed by atoms with Gasteiger partial charge in [-0.2, -0.15) is 4.98 Å². The van der Waals surface area contributed by atoms with Gasteiger partial charge in [0.25, 0.3) is 5.89 Å². The first kappa shape index (κ1) is 20.4. The molecule has 0 unspecified atom stereocenters. The number of carbonyl (C=O) groups is 1. The highest BCUT2D eigenvalue weighted by atomic mass is 32.2. The van der Waals surface area contributed by atoms with Gasteiger partial charge in [0.15, 0.2) is 5.82 Å². The fourth-order valence-electron chi connectivity index (χ4n) is 3.49. The van der Waals surface area contributed by atoms with Gasteiger partial charge < -0.3 is 14.2 Å². The van der Waals surface area contributed by atoms with Gasteiger partial charge in [-0.1, -0.05) is 11.2 Å². The molecule has 156 valence electrons. The summed E-state index contributed by atoms with van der Waals surface area (Å²) in [5.74, 6) is 2.02. The molecule has 0 saturated carbocycles. The quantitative estimate of drug-likeness (QED) is 0.404. The average Bonchev–Trinajstić information content (AvgIpc) is 3.37. The van der Waals surface area contributed by atoms with Crippen LogP contribution in [0.4, 0.5) is 10.1 Å². The predicted octanol–water partition coefficient (Wildman–Crippen LogP) is 4.65. The summed E-state index contributed by atoms with van der Waals surface area (Å²) in [4.78, 5) is 19.6. The topological polar surface area (TPSA) is 68.5 Å². The van der Waals surface area contributed by atoms with E-state index in [2.05, 4.69) is 10.1 Å². The molecule has 6 nitrogen and oxygen atoms in total. The highest BCUT2D eigenvalue weighted by Gasteiger charge is 2.24. The van der Waals surface area contributed by atoms with Crippen LogP contribution in [0, 0.1) is 12.7 Å². The van der Waals surface area contributed by atoms with Crippen LogP contribution in [0.2, 0.25) is 0 Å². The summed E-state index contributed by atoms with van der Waals surface area (Å²) in [6.45, 7) is 2.42. The summed E-state index contributed by atoms with van der Waals surface area (Å²) in [6.07, 6.45) is 2.02. The summed E-state index contributed by atoms with van der Waals surface area (Å²) in [5, 5.41) is 3.78. The van der Waals surface area contributed by atoms with E-state index in [4.69, 9.17) is 9.26 Å². The van der Waals surface area contributed by atoms with Crippen LogP contribution in [-0.4, -0.2) is 35.5 Å². The van der Waals surface area contributed by atoms with Crippen LogP contribution in [0.15, 0.2) is 45.8 Å². The van der Waals surface area contributed by atoms with E-state index in [1.807, 2.05) is 23.1 Å². The van der Waals surface area contributed by atoms with E-state index >= 15 is 0 Å². The Morgan fingerprint density at radius 2 is 2.17 bits per heavy atom. The Morgan fingerprint density at radius 3 is 2.93 bits per heavy atom. The minimum Gasteiger partial charge on any atom is -0.497 e. The van der Waals surface area contributed by atoms with E-state index in [-0.39, 0.29) is 11.7 Å². The molecule has 1 aromatic heterocycles. The maximum absolute atomic E-state index is 13.7. The largest absolute Gasteiger partial charge is 0.497 e. The SMILES string of the molecule is COc1ccc2c(c1)N(C(=O)CCCSc1ccc(F)cc1-c1nc(C)no1)CC2. The van der Waals surface area contributed by atoms with Gasteiger partial charge in [-0.25, -0.2) is 4.39 Å². The van der Waals surface area contributed by atoms with Gasteiger partial charge in [0.1, 0.15) is 11.6 Å². The van der Waals surface area contributed by atoms with Crippen molar-refractivity contribution in [3.63, 3.8) is 0 Å². The first-order chi connectivity index (χ1) is 14.5. The number of carbonyl (C=O) groups excluding carboxylic acids is 1. The molecule has 0 spiro atoms. The fraction of sp³-hybridized carbons (Fsp3) is 0.318. The number of fused-ring (bicyclic) bond motifs is 1. The van der Waals surface area contributed by atoms with Crippen molar-refractivity contribution < 1.29 is 18.4 Å². The second kappa shape index (κ2) is 8.87. The number of benzene rings is 2. The van der Waals surface area contributed by atoms with E-state index in [1.165, 1.54) is 17.7 Å². The molecule has 0 aliphatic carbocycles. The number of methoxy groups -OCH3 is 1. The number of amides is 1. The lowest BCUT2D eigenvalue weighted by atomic mass is 10.1. The lowest BCUT2D eigenvalue weighted by Gasteiger charge is -2.18. The fourth-order valence-corrected chi connectivity index (χ4v) is 4.46. The van der Waals surface area contributed by atoms with Crippen molar-refractivity contribution in [3.05, 3.63) is 53.6 Å². The minimum atomic E-state index is -0.358. The standard InChI is InChI=1S/C22H22FN3O3S/c1-14-24-22(29-25-14)18-12-16(23)6-8-20(18)30-11-3-4-21(27)26-10-9-15-5-7-17(28-2)13-19(15)26/h5-8,12-13H,3-4,9-11H2,1-2H3. The Morgan fingerprint density at radius 1 is 1.30 bits per heavy atom. The molecule has 0 fully saturated rings. The number of nitrogens with zero attached hydrogens (tertiary/aromatic N) is 3. The van der Waals surface area contributed by atoms with Crippen LogP contribution < -0.4 is 9.64 Å². The number of hydrogen-bond acceptors (Lipinski definition) is 6. The van der Waals surface area contributed by atoms with Crippen molar-refractivity contribution in [2.75, 3.05) is 24.3 Å². The molecule has 0 radical (unpaired) electrons. The van der Waals surface area contributed by atoms with Gasteiger partial charge in [0, 0.05) is 23.9 Å². The molecular formula is C22H22FN3O3S. The third-order valence-corrected chi connectivity index (χ3v) is 6.14. The Kier molecular flexibility index (Phi) is 6.03. The molecule has 8 heteroatoms. The number of anilines is 1. The number of halogens is 1. The molecule has 0 atom stereocenters. The van der Waals surface area contributed by atoms with Crippen LogP contribution in [0.1, 0.15) is 24.2 Å². The molecule has 30 heavy (non-hydrogen) atoms. The van der Waals surface area contributed by atoms with Gasteiger partial charge in [0.05, 0.1) is 18.4 Å². The molecule has 0 bridgehead atoms. The molecular weight excluding hydrogens is 405 g/mol. The average molecular weight is 428 g/mol. The second-order valence-corrected chi connectivity index (χ2v) is 8.17. The van der Waals surface area contributed by atoms with E-state index in [9.17, 15) is 9.18 Å². The minimum absolute atomic E-state index is 0.106. The molecule has 1 amide bonds. The number of hydrogen-bond donors (Lipinski definition) is 0. The van der Waals surface area contributed by atoms with Crippen LogP contribution in [0.3, 0.4) is 0 Å². The molecule has 4 rings (SSSR count). The van der Waals surface area contributed by atoms with Crippen LogP contribution in [0.5, 0.6) is 5.75 Å². The van der Waals surface area contributed by atoms with Gasteiger partial charge in [-0.05, 0) is 55.3 Å². The van der Waals surface area contributed by atoms with Crippen LogP contribution in [0.25, 0.3) is 11.5 Å². The van der Waals surface area contributed by atoms with Crippen molar-refractivity contribution in [2.45, 2.75) is 31.1 Å². The molecule has 3 aromatic rings. The highest BCUT2D eigenvalue weighted by Crippen LogP contribution is 2.34. The predicted molar refractivity (Wildman–Crippen MR) is 113 cm³/mol. The molecule has 0 saturated heterocycles. The maximum Gasteiger partial charge on any atom is 0.259 e. The van der Waals surface area contributed by atoms with E-state index in [0.29, 0.717) is 36.7 Å². The van der Waals surface area contributed by atoms with Crippen molar-refractivity contribution in [1.29, 1.82) is 0 Å². The summed E-state index contributed by atoms with van der Waals surface area (Å²) < 4.78 is 24.2. The normalized spacial score (nSPS) is 12.8. The van der Waals surface area contributed by atoms with E-state index in [1.54, 1.807) is 31.9 Å². The third kappa shape index (κ3) is 4.33. The summed E-state index contributed by atoms with van der Waals surface area (Å²) in [5.41, 5.74) is 2.69. The summed E-state index contributed by atoms with van der Waals surface area (Å²) in [6, 6.07) is 10.4. The monoisotopic (exact) mass is 427 g/mol. The molecule has 0 N–H and O–H groups in total. The molecule has 2 aromatic carbocycles. The zero-order valence-corrected chi connectivity index (χ0v) is 17.7. The summed E-state index contributed by atoms with van der Waals surface area (Å²) in [7, 11) is 1.62. The number of ether oxygens (including phenoxy) is 1. The van der Waals surface area contributed by atoms with Gasteiger partial charge >= 0.3 is 0 Å². The second-order valence-electron chi connectivity index (χ2n) is 7.03. The number of thioether (sulfide) groups is 1. The van der Waals surface area contributed by atoms with Gasteiger partial charge in [0.2, 0.25) is 5.91 Å². The van der Waals surface area contributed by atoms with Crippen molar-refractivity contribution in [2.24, 2.45) is 0 Å². The Bertz CT molecular complexity index is 1070. The Balaban J connectivity index is 1.36. The number of aryl methyl sites for hydroxylation is 1. The van der Waals surface area contributed by atoms with Crippen LogP contribution >= 0.6 is 11.8 Å². The Hall–Kier alpha value is -2.87. The zero-order chi connectivity index (χ0) is 21.1. The lowest BCUT2D eigenvalue weighted by Crippen LogP contribution is -2.28. The highest BCUT2D eigenvalue weighted by molar-refractivity contribution is 7.99. The van der Waals surface area contributed by atoms with Gasteiger partial charge in [-0.3, -0.25) is 4.79 Å². The third-order valence-electron chi connectivity index (χ3n) is 4.98. The number of aromatic nitrogens is 2. The maximum atomic E-state index is 13.7. The van der Waals surface area contributed by atoms with Crippen molar-refractivity contribution >= 4 is 23.4 Å². The molecule has 1 aliphatic rings. The lowest BCUT2D eigenvalue weighted by molar-refractivity contribution is -0.118. The van der Waals surface area contributed by atoms with E-state index in [0.717, 1.165) is 28.5 Å². The van der Waals surface area contributed by atoms with Crippen molar-refractivity contribution in [1.82, 2.24) is 10.1 Å². The Labute approximate surface area is 178 Å². The first-order valence-electron chi connectivity index (χ1n) is 9.75. The first-order valence-corrected chi connectivity index (χ1v) is 10.7. The number of rotatable bonds is 7. The van der Waals surface area contributed by atoms with Gasteiger partial charge in [-0.15, -0.1) is 11.8 Å². The van der Waals surface area contributed by atoms with E-state index < -0.39 is 0 Å². The smallest absolute Gasteiger partial charge is 0.259 e. The van der Waals surface area contributed by atoms with Crippen molar-refractivity contribution in [3.8, 4) is 17.2 Å². The zero-order valence-electron chi connectivity index (χ0n) is 16.9.